The number of piperidine rings is 1. The van der Waals surface area contributed by atoms with E-state index < -0.39 is 0 Å². The van der Waals surface area contributed by atoms with Gasteiger partial charge in [0.15, 0.2) is 0 Å². The van der Waals surface area contributed by atoms with Gasteiger partial charge in [0.2, 0.25) is 0 Å². The Balaban J connectivity index is 1.66. The Labute approximate surface area is 177 Å². The second-order valence-corrected chi connectivity index (χ2v) is 11.0. The fourth-order valence-electron chi connectivity index (χ4n) is 8.18. The number of ether oxygens (including phenoxy) is 1. The van der Waals surface area contributed by atoms with Crippen LogP contribution in [0.1, 0.15) is 63.5 Å². The van der Waals surface area contributed by atoms with E-state index in [1.807, 2.05) is 7.11 Å². The molecule has 0 N–H and O–H groups in total. The van der Waals surface area contributed by atoms with Gasteiger partial charge in [0.25, 0.3) is 0 Å². The maximum atomic E-state index is 5.71. The zero-order valence-corrected chi connectivity index (χ0v) is 19.4. The SMILES string of the molecule is CC[C@]12C3C[C@@]3(N(C)C)C[C@@]1(c1cc(OC)ccc1C)CCN(CC1CC1)[C@@H]2C. The molecule has 0 amide bonds. The Kier molecular flexibility index (Phi) is 4.43. The topological polar surface area (TPSA) is 15.7 Å². The molecule has 3 nitrogen and oxygen atoms in total. The summed E-state index contributed by atoms with van der Waals surface area (Å²) in [7, 11) is 6.48. The lowest BCUT2D eigenvalue weighted by atomic mass is 9.51. The molecular formula is C26H40N2O. The van der Waals surface area contributed by atoms with Crippen LogP contribution in [0.15, 0.2) is 18.2 Å². The van der Waals surface area contributed by atoms with Crippen LogP contribution < -0.4 is 4.74 Å². The van der Waals surface area contributed by atoms with E-state index in [-0.39, 0.29) is 5.41 Å². The van der Waals surface area contributed by atoms with Crippen LogP contribution in [-0.2, 0) is 5.41 Å². The third-order valence-corrected chi connectivity index (χ3v) is 9.91. The Bertz CT molecular complexity index is 802. The molecule has 0 bridgehead atoms. The molecule has 5 rings (SSSR count). The molecule has 5 atom stereocenters. The largest absolute Gasteiger partial charge is 0.497 e. The van der Waals surface area contributed by atoms with Crippen LogP contribution in [0.25, 0.3) is 0 Å². The normalized spacial score (nSPS) is 41.3. The number of likely N-dealkylation sites (tertiary alicyclic amines) is 1. The summed E-state index contributed by atoms with van der Waals surface area (Å²) in [5.41, 5.74) is 4.08. The summed E-state index contributed by atoms with van der Waals surface area (Å²) in [6.07, 6.45) is 8.20. The summed E-state index contributed by atoms with van der Waals surface area (Å²) in [4.78, 5) is 5.47. The fraction of sp³-hybridized carbons (Fsp3) is 0.769. The van der Waals surface area contributed by atoms with Crippen molar-refractivity contribution in [3.63, 3.8) is 0 Å². The quantitative estimate of drug-likeness (QED) is 0.682. The summed E-state index contributed by atoms with van der Waals surface area (Å²) in [5.74, 6) is 2.81. The van der Waals surface area contributed by atoms with E-state index in [4.69, 9.17) is 4.74 Å². The standard InChI is InChI=1S/C26H40N2O/c1-7-26-19(3)28(16-20-9-10-20)13-12-24(26,17-25(27(4)5)15-23(25)26)22-14-21(29-6)11-8-18(22)2/h8,11,14,19-20,23H,7,9-10,12-13,15-17H2,1-6H3/t19-,23?,24-,25-,26+/m1/s1. The molecule has 1 heterocycles. The third-order valence-electron chi connectivity index (χ3n) is 9.91. The van der Waals surface area contributed by atoms with E-state index in [1.165, 1.54) is 57.2 Å². The summed E-state index contributed by atoms with van der Waals surface area (Å²) >= 11 is 0. The molecule has 0 aromatic heterocycles. The van der Waals surface area contributed by atoms with Gasteiger partial charge < -0.3 is 9.64 Å². The van der Waals surface area contributed by atoms with Crippen LogP contribution >= 0.6 is 0 Å². The second-order valence-electron chi connectivity index (χ2n) is 11.0. The van der Waals surface area contributed by atoms with Crippen molar-refractivity contribution in [3.05, 3.63) is 29.3 Å². The molecule has 4 aliphatic rings. The lowest BCUT2D eigenvalue weighted by molar-refractivity contribution is -0.0554. The number of aryl methyl sites for hydroxylation is 1. The van der Waals surface area contributed by atoms with E-state index in [2.05, 4.69) is 62.9 Å². The summed E-state index contributed by atoms with van der Waals surface area (Å²) in [6, 6.07) is 7.50. The Hall–Kier alpha value is -1.06. The van der Waals surface area contributed by atoms with Crippen molar-refractivity contribution in [2.24, 2.45) is 17.3 Å². The molecule has 3 saturated carbocycles. The Morgan fingerprint density at radius 3 is 2.62 bits per heavy atom. The minimum Gasteiger partial charge on any atom is -0.497 e. The summed E-state index contributed by atoms with van der Waals surface area (Å²) < 4.78 is 5.71. The van der Waals surface area contributed by atoms with Crippen molar-refractivity contribution in [2.75, 3.05) is 34.3 Å². The third kappa shape index (κ3) is 2.50. The molecule has 3 heteroatoms. The number of nitrogens with zero attached hydrogens (tertiary/aromatic N) is 2. The van der Waals surface area contributed by atoms with Gasteiger partial charge >= 0.3 is 0 Å². The van der Waals surface area contributed by atoms with E-state index in [9.17, 15) is 0 Å². The lowest BCUT2D eigenvalue weighted by Crippen LogP contribution is -2.62. The molecular weight excluding hydrogens is 356 g/mol. The van der Waals surface area contributed by atoms with Crippen LogP contribution in [0.3, 0.4) is 0 Å². The molecule has 1 aromatic rings. The minimum absolute atomic E-state index is 0.271. The van der Waals surface area contributed by atoms with Gasteiger partial charge in [0.1, 0.15) is 5.75 Å². The van der Waals surface area contributed by atoms with Crippen LogP contribution in [-0.4, -0.2) is 55.7 Å². The first-order valence-corrected chi connectivity index (χ1v) is 11.9. The first-order chi connectivity index (χ1) is 13.8. The number of fused-ring (bicyclic) bond motifs is 3. The van der Waals surface area contributed by atoms with Crippen molar-refractivity contribution in [2.45, 2.75) is 76.3 Å². The summed E-state index contributed by atoms with van der Waals surface area (Å²) in [6.45, 7) is 9.99. The van der Waals surface area contributed by atoms with Crippen LogP contribution in [0.5, 0.6) is 5.75 Å². The molecule has 1 aliphatic heterocycles. The summed E-state index contributed by atoms with van der Waals surface area (Å²) in [5, 5.41) is 0. The molecule has 0 spiro atoms. The van der Waals surface area contributed by atoms with Gasteiger partial charge in [-0.3, -0.25) is 4.90 Å². The minimum atomic E-state index is 0.271. The molecule has 29 heavy (non-hydrogen) atoms. The van der Waals surface area contributed by atoms with Crippen molar-refractivity contribution < 1.29 is 4.74 Å². The monoisotopic (exact) mass is 396 g/mol. The van der Waals surface area contributed by atoms with Crippen molar-refractivity contribution >= 4 is 0 Å². The molecule has 1 saturated heterocycles. The highest BCUT2D eigenvalue weighted by Gasteiger charge is 2.80. The number of hydrogen-bond donors (Lipinski definition) is 0. The second kappa shape index (κ2) is 6.47. The Morgan fingerprint density at radius 2 is 2.00 bits per heavy atom. The van der Waals surface area contributed by atoms with Crippen molar-refractivity contribution in [3.8, 4) is 5.75 Å². The smallest absolute Gasteiger partial charge is 0.119 e. The van der Waals surface area contributed by atoms with Crippen LogP contribution in [0.4, 0.5) is 0 Å². The number of methoxy groups -OCH3 is 1. The molecule has 1 unspecified atom stereocenters. The first kappa shape index (κ1) is 19.9. The van der Waals surface area contributed by atoms with Crippen molar-refractivity contribution in [1.82, 2.24) is 9.80 Å². The van der Waals surface area contributed by atoms with Crippen molar-refractivity contribution in [1.29, 1.82) is 0 Å². The van der Waals surface area contributed by atoms with Gasteiger partial charge in [-0.15, -0.1) is 0 Å². The van der Waals surface area contributed by atoms with Crippen LogP contribution in [0, 0.1) is 24.2 Å². The fourth-order valence-corrected chi connectivity index (χ4v) is 8.18. The predicted molar refractivity (Wildman–Crippen MR) is 120 cm³/mol. The Morgan fingerprint density at radius 1 is 1.24 bits per heavy atom. The van der Waals surface area contributed by atoms with E-state index >= 15 is 0 Å². The highest BCUT2D eigenvalue weighted by molar-refractivity contribution is 5.48. The highest BCUT2D eigenvalue weighted by atomic mass is 16.5. The van der Waals surface area contributed by atoms with E-state index in [0.717, 1.165) is 17.6 Å². The van der Waals surface area contributed by atoms with E-state index in [1.54, 1.807) is 5.56 Å². The maximum absolute atomic E-state index is 5.71. The average molecular weight is 397 g/mol. The van der Waals surface area contributed by atoms with Gasteiger partial charge in [0, 0.05) is 23.5 Å². The zero-order valence-electron chi connectivity index (χ0n) is 19.4. The molecule has 3 aliphatic carbocycles. The lowest BCUT2D eigenvalue weighted by Gasteiger charge is -2.59. The molecule has 4 fully saturated rings. The molecule has 160 valence electrons. The molecule has 1 aromatic carbocycles. The predicted octanol–water partition coefficient (Wildman–Crippen LogP) is 4.87. The van der Waals surface area contributed by atoms with Gasteiger partial charge in [0.05, 0.1) is 7.11 Å². The van der Waals surface area contributed by atoms with Gasteiger partial charge in [-0.25, -0.2) is 0 Å². The zero-order chi connectivity index (χ0) is 20.6. The first-order valence-electron chi connectivity index (χ1n) is 11.9. The van der Waals surface area contributed by atoms with Gasteiger partial charge in [-0.2, -0.15) is 0 Å². The highest BCUT2D eigenvalue weighted by Crippen LogP contribution is 2.78. The number of benzene rings is 1. The maximum Gasteiger partial charge on any atom is 0.119 e. The number of hydrogen-bond acceptors (Lipinski definition) is 3. The van der Waals surface area contributed by atoms with E-state index in [0.29, 0.717) is 17.0 Å². The van der Waals surface area contributed by atoms with Gasteiger partial charge in [-0.05, 0) is 114 Å². The molecule has 0 radical (unpaired) electrons. The average Bonchev–Trinajstić information content (AvgIpc) is 3.63. The number of rotatable bonds is 6. The van der Waals surface area contributed by atoms with Crippen LogP contribution in [0.2, 0.25) is 0 Å². The van der Waals surface area contributed by atoms with Gasteiger partial charge in [-0.1, -0.05) is 13.0 Å².